The van der Waals surface area contributed by atoms with Crippen LogP contribution in [-0.4, -0.2) is 17.7 Å². The Morgan fingerprint density at radius 1 is 0.833 bits per heavy atom. The maximum absolute atomic E-state index is 10.9. The number of carboxylic acids is 1. The molecule has 4 rings (SSSR count). The van der Waals surface area contributed by atoms with E-state index in [1.165, 1.54) is 0 Å². The number of ether oxygens (including phenoxy) is 1. The first-order valence-electron chi connectivity index (χ1n) is 10.1. The molecule has 0 saturated heterocycles. The maximum Gasteiger partial charge on any atom is 0.303 e. The SMILES string of the molecule is O=C(O)CCc1cccc2c(CCOC(c3ccccc3)c3ccccc3)coc12. The van der Waals surface area contributed by atoms with Crippen molar-refractivity contribution in [1.82, 2.24) is 0 Å². The van der Waals surface area contributed by atoms with Crippen LogP contribution in [0, 0.1) is 0 Å². The zero-order chi connectivity index (χ0) is 20.8. The monoisotopic (exact) mass is 400 g/mol. The largest absolute Gasteiger partial charge is 0.481 e. The van der Waals surface area contributed by atoms with Gasteiger partial charge in [-0.3, -0.25) is 4.79 Å². The number of aliphatic carboxylic acids is 1. The molecule has 0 atom stereocenters. The molecule has 0 amide bonds. The number of carbonyl (C=O) groups is 1. The number of rotatable bonds is 9. The minimum Gasteiger partial charge on any atom is -0.481 e. The molecule has 0 fully saturated rings. The topological polar surface area (TPSA) is 59.7 Å². The summed E-state index contributed by atoms with van der Waals surface area (Å²) in [5, 5.41) is 9.99. The van der Waals surface area contributed by atoms with Crippen molar-refractivity contribution in [1.29, 1.82) is 0 Å². The first-order chi connectivity index (χ1) is 14.7. The fourth-order valence-corrected chi connectivity index (χ4v) is 3.73. The molecular formula is C26H24O4. The van der Waals surface area contributed by atoms with Crippen molar-refractivity contribution in [2.24, 2.45) is 0 Å². The average Bonchev–Trinajstić information content (AvgIpc) is 3.20. The van der Waals surface area contributed by atoms with Crippen molar-refractivity contribution in [3.63, 3.8) is 0 Å². The van der Waals surface area contributed by atoms with Crippen molar-refractivity contribution in [2.75, 3.05) is 6.61 Å². The summed E-state index contributed by atoms with van der Waals surface area (Å²) in [5.74, 6) is -0.806. The summed E-state index contributed by atoms with van der Waals surface area (Å²) < 4.78 is 12.1. The Hall–Kier alpha value is -3.37. The summed E-state index contributed by atoms with van der Waals surface area (Å²) >= 11 is 0. The van der Waals surface area contributed by atoms with Crippen LogP contribution in [0.4, 0.5) is 0 Å². The highest BCUT2D eigenvalue weighted by Gasteiger charge is 2.16. The average molecular weight is 400 g/mol. The van der Waals surface area contributed by atoms with Gasteiger partial charge in [0.15, 0.2) is 0 Å². The molecule has 0 bridgehead atoms. The summed E-state index contributed by atoms with van der Waals surface area (Å²) in [6.45, 7) is 0.544. The van der Waals surface area contributed by atoms with E-state index in [9.17, 15) is 4.79 Å². The van der Waals surface area contributed by atoms with Crippen LogP contribution in [0.5, 0.6) is 0 Å². The number of para-hydroxylation sites is 1. The number of fused-ring (bicyclic) bond motifs is 1. The highest BCUT2D eigenvalue weighted by Crippen LogP contribution is 2.28. The molecule has 0 spiro atoms. The van der Waals surface area contributed by atoms with Crippen LogP contribution >= 0.6 is 0 Å². The van der Waals surface area contributed by atoms with E-state index in [1.54, 1.807) is 6.26 Å². The third-order valence-corrected chi connectivity index (χ3v) is 5.23. The van der Waals surface area contributed by atoms with Gasteiger partial charge in [-0.2, -0.15) is 0 Å². The van der Waals surface area contributed by atoms with Crippen molar-refractivity contribution in [3.8, 4) is 0 Å². The molecule has 0 unspecified atom stereocenters. The second-order valence-corrected chi connectivity index (χ2v) is 7.27. The predicted molar refractivity (Wildman–Crippen MR) is 117 cm³/mol. The van der Waals surface area contributed by atoms with E-state index in [4.69, 9.17) is 14.3 Å². The minimum absolute atomic E-state index is 0.0914. The molecule has 3 aromatic carbocycles. The number of hydrogen-bond donors (Lipinski definition) is 1. The fraction of sp³-hybridized carbons (Fsp3) is 0.192. The van der Waals surface area contributed by atoms with Gasteiger partial charge in [0.25, 0.3) is 0 Å². The van der Waals surface area contributed by atoms with Crippen LogP contribution in [0.2, 0.25) is 0 Å². The molecule has 0 saturated carbocycles. The summed E-state index contributed by atoms with van der Waals surface area (Å²) in [4.78, 5) is 10.9. The molecule has 0 aliphatic heterocycles. The highest BCUT2D eigenvalue weighted by molar-refractivity contribution is 5.84. The molecule has 1 N–H and O–H groups in total. The second-order valence-electron chi connectivity index (χ2n) is 7.27. The van der Waals surface area contributed by atoms with E-state index in [0.29, 0.717) is 19.4 Å². The first kappa shape index (κ1) is 19.9. The van der Waals surface area contributed by atoms with Crippen LogP contribution in [0.25, 0.3) is 11.0 Å². The van der Waals surface area contributed by atoms with Gasteiger partial charge in [-0.05, 0) is 29.5 Å². The zero-order valence-electron chi connectivity index (χ0n) is 16.7. The number of furan rings is 1. The molecule has 0 radical (unpaired) electrons. The molecule has 4 nitrogen and oxygen atoms in total. The summed E-state index contributed by atoms with van der Waals surface area (Å²) in [7, 11) is 0. The van der Waals surface area contributed by atoms with Gasteiger partial charge < -0.3 is 14.3 Å². The number of aryl methyl sites for hydroxylation is 1. The second kappa shape index (κ2) is 9.42. The van der Waals surface area contributed by atoms with E-state index >= 15 is 0 Å². The van der Waals surface area contributed by atoms with Gasteiger partial charge in [-0.15, -0.1) is 0 Å². The summed E-state index contributed by atoms with van der Waals surface area (Å²) in [5.41, 5.74) is 5.01. The molecule has 1 heterocycles. The third-order valence-electron chi connectivity index (χ3n) is 5.23. The van der Waals surface area contributed by atoms with Gasteiger partial charge in [0, 0.05) is 17.4 Å². The third kappa shape index (κ3) is 4.61. The van der Waals surface area contributed by atoms with Crippen LogP contribution in [-0.2, 0) is 22.4 Å². The lowest BCUT2D eigenvalue weighted by molar-refractivity contribution is -0.136. The van der Waals surface area contributed by atoms with Crippen LogP contribution < -0.4 is 0 Å². The first-order valence-corrected chi connectivity index (χ1v) is 10.1. The van der Waals surface area contributed by atoms with E-state index in [0.717, 1.165) is 33.2 Å². The molecule has 4 aromatic rings. The molecule has 0 aliphatic rings. The molecule has 30 heavy (non-hydrogen) atoms. The lowest BCUT2D eigenvalue weighted by atomic mass is 10.0. The Morgan fingerprint density at radius 2 is 1.50 bits per heavy atom. The molecule has 0 aliphatic carbocycles. The zero-order valence-corrected chi connectivity index (χ0v) is 16.7. The Labute approximate surface area is 175 Å². The maximum atomic E-state index is 10.9. The minimum atomic E-state index is -0.806. The number of benzene rings is 3. The Bertz CT molecular complexity index is 1060. The lowest BCUT2D eigenvalue weighted by Crippen LogP contribution is -2.08. The molecule has 1 aromatic heterocycles. The quantitative estimate of drug-likeness (QED) is 0.386. The van der Waals surface area contributed by atoms with E-state index in [-0.39, 0.29) is 12.5 Å². The highest BCUT2D eigenvalue weighted by atomic mass is 16.5. The van der Waals surface area contributed by atoms with Crippen LogP contribution in [0.15, 0.2) is 89.5 Å². The fourth-order valence-electron chi connectivity index (χ4n) is 3.73. The Kier molecular flexibility index (Phi) is 6.26. The van der Waals surface area contributed by atoms with E-state index in [1.807, 2.05) is 54.6 Å². The van der Waals surface area contributed by atoms with Crippen LogP contribution in [0.3, 0.4) is 0 Å². The van der Waals surface area contributed by atoms with Gasteiger partial charge >= 0.3 is 5.97 Å². The summed E-state index contributed by atoms with van der Waals surface area (Å²) in [6.07, 6.45) is 2.90. The summed E-state index contributed by atoms with van der Waals surface area (Å²) in [6, 6.07) is 26.3. The normalized spacial score (nSPS) is 11.2. The van der Waals surface area contributed by atoms with E-state index < -0.39 is 5.97 Å². The molecule has 152 valence electrons. The van der Waals surface area contributed by atoms with Crippen molar-refractivity contribution in [2.45, 2.75) is 25.4 Å². The van der Waals surface area contributed by atoms with Gasteiger partial charge in [0.05, 0.1) is 12.9 Å². The van der Waals surface area contributed by atoms with Crippen molar-refractivity contribution in [3.05, 3.63) is 107 Å². The van der Waals surface area contributed by atoms with Gasteiger partial charge in [-0.25, -0.2) is 0 Å². The number of hydrogen-bond acceptors (Lipinski definition) is 3. The van der Waals surface area contributed by atoms with Gasteiger partial charge in [-0.1, -0.05) is 78.9 Å². The van der Waals surface area contributed by atoms with Crippen molar-refractivity contribution >= 4 is 16.9 Å². The molecule has 4 heteroatoms. The predicted octanol–water partition coefficient (Wildman–Crippen LogP) is 5.80. The standard InChI is InChI=1S/C26H24O4/c27-24(28)15-14-21-12-7-13-23-22(18-30-26(21)23)16-17-29-25(19-8-3-1-4-9-19)20-10-5-2-6-11-20/h1-13,18,25H,14-17H2,(H,27,28). The van der Waals surface area contributed by atoms with Gasteiger partial charge in [0.1, 0.15) is 11.7 Å². The van der Waals surface area contributed by atoms with Gasteiger partial charge in [0.2, 0.25) is 0 Å². The number of carboxylic acid groups (broad SMARTS) is 1. The van der Waals surface area contributed by atoms with Crippen LogP contribution in [0.1, 0.15) is 34.8 Å². The van der Waals surface area contributed by atoms with Crippen molar-refractivity contribution < 1.29 is 19.1 Å². The van der Waals surface area contributed by atoms with E-state index in [2.05, 4.69) is 24.3 Å². The smallest absolute Gasteiger partial charge is 0.303 e. The lowest BCUT2D eigenvalue weighted by Gasteiger charge is -2.19. The molecular weight excluding hydrogens is 376 g/mol. The Balaban J connectivity index is 1.49. The Morgan fingerprint density at radius 3 is 2.13 bits per heavy atom.